The number of nitrogens with two attached hydrogens (primary N) is 1. The number of hydrogen-bond donors (Lipinski definition) is 1. The van der Waals surface area contributed by atoms with E-state index in [0.717, 1.165) is 4.47 Å². The van der Waals surface area contributed by atoms with E-state index in [-0.39, 0.29) is 17.1 Å². The zero-order chi connectivity index (χ0) is 14.7. The molecule has 0 fully saturated rings. The van der Waals surface area contributed by atoms with Gasteiger partial charge in [0.1, 0.15) is 5.75 Å². The maximum atomic E-state index is 11.3. The molecule has 1 atom stereocenters. The predicted molar refractivity (Wildman–Crippen MR) is 80.6 cm³/mol. The van der Waals surface area contributed by atoms with Gasteiger partial charge < -0.3 is 4.74 Å². The third-order valence-corrected chi connectivity index (χ3v) is 4.46. The molecule has 0 aromatic heterocycles. The lowest BCUT2D eigenvalue weighted by atomic mass is 9.82. The molecule has 6 heteroatoms. The molecule has 108 valence electrons. The Morgan fingerprint density at radius 3 is 2.37 bits per heavy atom. The summed E-state index contributed by atoms with van der Waals surface area (Å²) in [6.45, 7) is 6.24. The van der Waals surface area contributed by atoms with Crippen molar-refractivity contribution in [1.82, 2.24) is 0 Å². The van der Waals surface area contributed by atoms with E-state index in [2.05, 4.69) is 15.9 Å². The van der Waals surface area contributed by atoms with Crippen molar-refractivity contribution >= 4 is 26.0 Å². The van der Waals surface area contributed by atoms with E-state index in [1.807, 2.05) is 45.0 Å². The summed E-state index contributed by atoms with van der Waals surface area (Å²) in [7, 11) is -3.51. The minimum absolute atomic E-state index is 0.0824. The summed E-state index contributed by atoms with van der Waals surface area (Å²) in [5.41, 5.74) is -0.201. The summed E-state index contributed by atoms with van der Waals surface area (Å²) in [5.74, 6) is 0.446. The third-order valence-electron chi connectivity index (χ3n) is 2.93. The minimum Gasteiger partial charge on any atom is -0.492 e. The van der Waals surface area contributed by atoms with Crippen molar-refractivity contribution in [2.75, 3.05) is 12.4 Å². The van der Waals surface area contributed by atoms with Gasteiger partial charge in [0.25, 0.3) is 0 Å². The first-order valence-electron chi connectivity index (χ1n) is 5.97. The fourth-order valence-electron chi connectivity index (χ4n) is 1.58. The van der Waals surface area contributed by atoms with Gasteiger partial charge in [0.2, 0.25) is 10.0 Å². The number of para-hydroxylation sites is 1. The molecule has 0 aliphatic rings. The van der Waals surface area contributed by atoms with Crippen LogP contribution in [0, 0.1) is 11.3 Å². The highest BCUT2D eigenvalue weighted by molar-refractivity contribution is 9.10. The lowest BCUT2D eigenvalue weighted by Gasteiger charge is -2.30. The molecule has 0 aliphatic carbocycles. The first-order valence-corrected chi connectivity index (χ1v) is 8.48. The van der Waals surface area contributed by atoms with Crippen molar-refractivity contribution < 1.29 is 13.2 Å². The van der Waals surface area contributed by atoms with Crippen LogP contribution in [0.1, 0.15) is 20.8 Å². The zero-order valence-electron chi connectivity index (χ0n) is 11.4. The van der Waals surface area contributed by atoms with Gasteiger partial charge in [0.15, 0.2) is 0 Å². The standard InChI is InChI=1S/C13H20BrNO3S/c1-13(2,3)10(9-19(15,16)17)8-18-12-7-5-4-6-11(12)14/h4-7,10H,8-9H2,1-3H3,(H2,15,16,17). The molecule has 0 radical (unpaired) electrons. The van der Waals surface area contributed by atoms with Gasteiger partial charge in [-0.15, -0.1) is 0 Å². The highest BCUT2D eigenvalue weighted by Gasteiger charge is 2.29. The predicted octanol–water partition coefficient (Wildman–Crippen LogP) is 2.78. The lowest BCUT2D eigenvalue weighted by Crippen LogP contribution is -2.35. The van der Waals surface area contributed by atoms with Gasteiger partial charge in [0, 0.05) is 5.92 Å². The summed E-state index contributed by atoms with van der Waals surface area (Å²) < 4.78 is 29.1. The summed E-state index contributed by atoms with van der Waals surface area (Å²) >= 11 is 3.39. The van der Waals surface area contributed by atoms with E-state index in [1.165, 1.54) is 0 Å². The van der Waals surface area contributed by atoms with E-state index in [0.29, 0.717) is 12.4 Å². The first kappa shape index (κ1) is 16.5. The monoisotopic (exact) mass is 349 g/mol. The number of halogens is 1. The Hall–Kier alpha value is -0.590. The molecule has 2 N–H and O–H groups in total. The van der Waals surface area contributed by atoms with Crippen LogP contribution in [0.4, 0.5) is 0 Å². The molecule has 1 unspecified atom stereocenters. The van der Waals surface area contributed by atoms with Crippen molar-refractivity contribution in [3.63, 3.8) is 0 Å². The van der Waals surface area contributed by atoms with Gasteiger partial charge in [-0.3, -0.25) is 0 Å². The highest BCUT2D eigenvalue weighted by atomic mass is 79.9. The van der Waals surface area contributed by atoms with Gasteiger partial charge in [-0.2, -0.15) is 0 Å². The van der Waals surface area contributed by atoms with Crippen LogP contribution < -0.4 is 9.88 Å². The molecule has 0 aliphatic heterocycles. The molecule has 1 aromatic rings. The molecule has 0 amide bonds. The maximum Gasteiger partial charge on any atom is 0.209 e. The molecule has 4 nitrogen and oxygen atoms in total. The number of rotatable bonds is 5. The molecular formula is C13H20BrNO3S. The van der Waals surface area contributed by atoms with Gasteiger partial charge in [-0.25, -0.2) is 13.6 Å². The van der Waals surface area contributed by atoms with Crippen molar-refractivity contribution in [2.45, 2.75) is 20.8 Å². The molecule has 0 bridgehead atoms. The van der Waals surface area contributed by atoms with Crippen LogP contribution in [-0.2, 0) is 10.0 Å². The highest BCUT2D eigenvalue weighted by Crippen LogP contribution is 2.30. The van der Waals surface area contributed by atoms with Crippen LogP contribution in [0.15, 0.2) is 28.7 Å². The quantitative estimate of drug-likeness (QED) is 0.888. The molecular weight excluding hydrogens is 330 g/mol. The average Bonchev–Trinajstić information content (AvgIpc) is 2.23. The van der Waals surface area contributed by atoms with Crippen molar-refractivity contribution in [3.05, 3.63) is 28.7 Å². The normalized spacial score (nSPS) is 14.2. The Balaban J connectivity index is 2.77. The van der Waals surface area contributed by atoms with E-state index in [1.54, 1.807) is 0 Å². The summed E-state index contributed by atoms with van der Waals surface area (Å²) in [4.78, 5) is 0. The largest absolute Gasteiger partial charge is 0.492 e. The molecule has 1 aromatic carbocycles. The first-order chi connectivity index (χ1) is 8.59. The fourth-order valence-corrected chi connectivity index (χ4v) is 3.14. The number of benzene rings is 1. The maximum absolute atomic E-state index is 11.3. The number of hydrogen-bond acceptors (Lipinski definition) is 3. The second kappa shape index (κ2) is 6.24. The number of ether oxygens (including phenoxy) is 1. The Kier molecular flexibility index (Phi) is 5.41. The molecule has 1 rings (SSSR count). The molecule has 0 saturated heterocycles. The van der Waals surface area contributed by atoms with Crippen LogP contribution in [-0.4, -0.2) is 20.8 Å². The molecule has 0 saturated carbocycles. The molecule has 19 heavy (non-hydrogen) atoms. The van der Waals surface area contributed by atoms with Crippen molar-refractivity contribution in [2.24, 2.45) is 16.5 Å². The van der Waals surface area contributed by atoms with Gasteiger partial charge >= 0.3 is 0 Å². The van der Waals surface area contributed by atoms with Crippen molar-refractivity contribution in [3.8, 4) is 5.75 Å². The number of sulfonamides is 1. The molecule has 0 spiro atoms. The summed E-state index contributed by atoms with van der Waals surface area (Å²) in [5, 5.41) is 5.14. The Morgan fingerprint density at radius 1 is 1.32 bits per heavy atom. The summed E-state index contributed by atoms with van der Waals surface area (Å²) in [6.07, 6.45) is 0. The van der Waals surface area contributed by atoms with E-state index in [4.69, 9.17) is 9.88 Å². The molecule has 0 heterocycles. The van der Waals surface area contributed by atoms with Crippen molar-refractivity contribution in [1.29, 1.82) is 0 Å². The Labute approximate surface area is 123 Å². The van der Waals surface area contributed by atoms with E-state index < -0.39 is 10.0 Å². The van der Waals surface area contributed by atoms with Crippen LogP contribution in [0.2, 0.25) is 0 Å². The number of primary sulfonamides is 1. The second-order valence-corrected chi connectivity index (χ2v) is 8.15. The second-order valence-electron chi connectivity index (χ2n) is 5.63. The van der Waals surface area contributed by atoms with E-state index >= 15 is 0 Å². The van der Waals surface area contributed by atoms with Crippen LogP contribution in [0.25, 0.3) is 0 Å². The van der Waals surface area contributed by atoms with E-state index in [9.17, 15) is 8.42 Å². The third kappa shape index (κ3) is 5.93. The minimum atomic E-state index is -3.51. The van der Waals surface area contributed by atoms with Crippen LogP contribution in [0.3, 0.4) is 0 Å². The van der Waals surface area contributed by atoms with Crippen LogP contribution in [0.5, 0.6) is 5.75 Å². The summed E-state index contributed by atoms with van der Waals surface area (Å²) in [6, 6.07) is 7.47. The SMILES string of the molecule is CC(C)(C)C(COc1ccccc1Br)CS(N)(=O)=O. The van der Waals surface area contributed by atoms with Gasteiger partial charge in [-0.1, -0.05) is 32.9 Å². The van der Waals surface area contributed by atoms with Crippen LogP contribution >= 0.6 is 15.9 Å². The smallest absolute Gasteiger partial charge is 0.209 e. The lowest BCUT2D eigenvalue weighted by molar-refractivity contribution is 0.162. The zero-order valence-corrected chi connectivity index (χ0v) is 13.8. The van der Waals surface area contributed by atoms with Gasteiger partial charge in [0.05, 0.1) is 16.8 Å². The topological polar surface area (TPSA) is 69.4 Å². The van der Waals surface area contributed by atoms with Gasteiger partial charge in [-0.05, 0) is 33.5 Å². The Morgan fingerprint density at radius 2 is 1.89 bits per heavy atom. The fraction of sp³-hybridized carbons (Fsp3) is 0.538. The Bertz CT molecular complexity index is 523. The average molecular weight is 350 g/mol.